The molecule has 0 spiro atoms. The first-order valence-electron chi connectivity index (χ1n) is 12.9. The first-order chi connectivity index (χ1) is 18.7. The van der Waals surface area contributed by atoms with Crippen LogP contribution in [0.1, 0.15) is 49.3 Å². The molecule has 0 unspecified atom stereocenters. The monoisotopic (exact) mass is 548 g/mol. The summed E-state index contributed by atoms with van der Waals surface area (Å²) in [5.41, 5.74) is 13.4. The van der Waals surface area contributed by atoms with Crippen molar-refractivity contribution in [3.8, 4) is 0 Å². The highest BCUT2D eigenvalue weighted by Crippen LogP contribution is 2.45. The molecule has 0 radical (unpaired) electrons. The second-order valence-electron chi connectivity index (χ2n) is 9.07. The average molecular weight is 549 g/mol. The van der Waals surface area contributed by atoms with Crippen molar-refractivity contribution < 1.29 is 33.5 Å². The third kappa shape index (κ3) is 8.33. The molecule has 12 heteroatoms. The third-order valence-corrected chi connectivity index (χ3v) is 6.40. The van der Waals surface area contributed by atoms with Crippen molar-refractivity contribution in [2.75, 3.05) is 53.7 Å². The molecule has 1 aliphatic heterocycles. The number of nitrogens with two attached hydrogens (primary N) is 2. The van der Waals surface area contributed by atoms with Gasteiger partial charge in [-0.2, -0.15) is 0 Å². The molecule has 0 saturated carbocycles. The van der Waals surface area contributed by atoms with Crippen molar-refractivity contribution in [2.24, 2.45) is 11.5 Å². The number of methoxy groups -OCH3 is 2. The van der Waals surface area contributed by atoms with E-state index in [2.05, 4.69) is 5.32 Å². The number of ether oxygens (including phenoxy) is 4. The fourth-order valence-corrected chi connectivity index (χ4v) is 4.59. The van der Waals surface area contributed by atoms with Crippen LogP contribution in [0.3, 0.4) is 0 Å². The number of benzene rings is 1. The molecule has 1 heterocycles. The van der Waals surface area contributed by atoms with Gasteiger partial charge in [0.25, 0.3) is 5.69 Å². The van der Waals surface area contributed by atoms with Gasteiger partial charge >= 0.3 is 11.9 Å². The number of nitrogens with zero attached hydrogens (tertiary/aromatic N) is 1. The standard InChI is InChI=1S/C27H40N4O8/c1-17-22(26(32)36-3)25(23(18(2)30-17)27(33)37-4)24-20(8-14-39-12-6-10-29)15-19(16-21(24)31(34)35)7-13-38-11-5-9-28/h15-16,25,30H,5-14,28-29H2,1-4H3. The summed E-state index contributed by atoms with van der Waals surface area (Å²) in [7, 11) is 2.44. The zero-order valence-corrected chi connectivity index (χ0v) is 23.2. The Labute approximate surface area is 228 Å². The Morgan fingerprint density at radius 1 is 0.897 bits per heavy atom. The van der Waals surface area contributed by atoms with E-state index in [9.17, 15) is 19.7 Å². The van der Waals surface area contributed by atoms with E-state index >= 15 is 0 Å². The maximum atomic E-state index is 13.0. The number of allylic oxidation sites excluding steroid dienone is 2. The van der Waals surface area contributed by atoms with Gasteiger partial charge in [0.1, 0.15) is 0 Å². The minimum absolute atomic E-state index is 0.0924. The van der Waals surface area contributed by atoms with E-state index in [4.69, 9.17) is 30.4 Å². The van der Waals surface area contributed by atoms with Crippen LogP contribution in [0.5, 0.6) is 0 Å². The summed E-state index contributed by atoms with van der Waals surface area (Å²) in [6.45, 7) is 5.85. The molecule has 0 fully saturated rings. The van der Waals surface area contributed by atoms with Crippen LogP contribution < -0.4 is 16.8 Å². The third-order valence-electron chi connectivity index (χ3n) is 6.40. The van der Waals surface area contributed by atoms with E-state index in [0.29, 0.717) is 81.1 Å². The Bertz CT molecular complexity index is 1060. The smallest absolute Gasteiger partial charge is 0.336 e. The zero-order chi connectivity index (χ0) is 28.9. The summed E-state index contributed by atoms with van der Waals surface area (Å²) in [5.74, 6) is -2.52. The molecule has 1 aromatic carbocycles. The molecule has 0 atom stereocenters. The van der Waals surface area contributed by atoms with Crippen LogP contribution in [0, 0.1) is 10.1 Å². The Morgan fingerprint density at radius 3 is 1.87 bits per heavy atom. The molecular weight excluding hydrogens is 508 g/mol. The first-order valence-corrected chi connectivity index (χ1v) is 12.9. The normalized spacial score (nSPS) is 13.9. The van der Waals surface area contributed by atoms with E-state index in [1.807, 2.05) is 6.07 Å². The van der Waals surface area contributed by atoms with Gasteiger partial charge in [0.2, 0.25) is 0 Å². The van der Waals surface area contributed by atoms with Crippen LogP contribution in [0.2, 0.25) is 0 Å². The first kappa shape index (κ1) is 31.9. The minimum Gasteiger partial charge on any atom is -0.466 e. The van der Waals surface area contributed by atoms with Crippen LogP contribution in [0.15, 0.2) is 34.7 Å². The number of dihydropyridines is 1. The molecule has 1 aliphatic rings. The maximum absolute atomic E-state index is 13.0. The van der Waals surface area contributed by atoms with Crippen molar-refractivity contribution in [1.29, 1.82) is 0 Å². The van der Waals surface area contributed by atoms with E-state index in [1.165, 1.54) is 20.3 Å². The Morgan fingerprint density at radius 2 is 1.41 bits per heavy atom. The summed E-state index contributed by atoms with van der Waals surface area (Å²) in [6, 6.07) is 3.31. The van der Waals surface area contributed by atoms with Gasteiger partial charge in [-0.1, -0.05) is 6.07 Å². The van der Waals surface area contributed by atoms with E-state index < -0.39 is 22.8 Å². The highest BCUT2D eigenvalue weighted by Gasteiger charge is 2.42. The molecule has 0 amide bonds. The van der Waals surface area contributed by atoms with Crippen LogP contribution in [0.25, 0.3) is 0 Å². The highest BCUT2D eigenvalue weighted by atomic mass is 16.6. The molecule has 0 aliphatic carbocycles. The van der Waals surface area contributed by atoms with Crippen molar-refractivity contribution in [1.82, 2.24) is 5.32 Å². The SMILES string of the molecule is COC(=O)C1=C(C)NC(C)=C(C(=O)OC)C1c1c(CCOCCCN)cc(CCOCCCN)cc1[N+](=O)[O-]. The number of nitro groups is 1. The molecule has 2 rings (SSSR count). The molecular formula is C27H40N4O8. The van der Waals surface area contributed by atoms with Gasteiger partial charge in [-0.05, 0) is 63.7 Å². The van der Waals surface area contributed by atoms with Crippen LogP contribution in [-0.2, 0) is 41.4 Å². The average Bonchev–Trinajstić information content (AvgIpc) is 2.91. The Kier molecular flexibility index (Phi) is 13.0. The number of carbonyl (C=O) groups excluding carboxylic acids is 2. The van der Waals surface area contributed by atoms with Crippen LogP contribution >= 0.6 is 0 Å². The van der Waals surface area contributed by atoms with Gasteiger partial charge in [0.05, 0.1) is 49.4 Å². The van der Waals surface area contributed by atoms with Crippen molar-refractivity contribution >= 4 is 17.6 Å². The van der Waals surface area contributed by atoms with Crippen molar-refractivity contribution in [3.63, 3.8) is 0 Å². The summed E-state index contributed by atoms with van der Waals surface area (Å²) >= 11 is 0. The Balaban J connectivity index is 2.73. The fourth-order valence-electron chi connectivity index (χ4n) is 4.59. The summed E-state index contributed by atoms with van der Waals surface area (Å²) < 4.78 is 21.4. The van der Waals surface area contributed by atoms with Crippen LogP contribution in [-0.4, -0.2) is 70.6 Å². The minimum atomic E-state index is -1.10. The van der Waals surface area contributed by atoms with E-state index in [0.717, 1.165) is 0 Å². The van der Waals surface area contributed by atoms with Crippen molar-refractivity contribution in [2.45, 2.75) is 45.4 Å². The number of esters is 2. The van der Waals surface area contributed by atoms with Gasteiger partial charge in [-0.25, -0.2) is 9.59 Å². The van der Waals surface area contributed by atoms with Gasteiger partial charge < -0.3 is 35.7 Å². The van der Waals surface area contributed by atoms with Crippen molar-refractivity contribution in [3.05, 3.63) is 61.5 Å². The largest absolute Gasteiger partial charge is 0.466 e. The van der Waals surface area contributed by atoms with Gasteiger partial charge in [0.15, 0.2) is 0 Å². The maximum Gasteiger partial charge on any atom is 0.336 e. The Hall–Kier alpha value is -3.32. The van der Waals surface area contributed by atoms with Crippen LogP contribution in [0.4, 0.5) is 5.69 Å². The number of hydrogen-bond donors (Lipinski definition) is 3. The molecule has 0 saturated heterocycles. The lowest BCUT2D eigenvalue weighted by Crippen LogP contribution is -2.33. The molecule has 1 aromatic rings. The predicted molar refractivity (Wildman–Crippen MR) is 145 cm³/mol. The molecule has 12 nitrogen and oxygen atoms in total. The lowest BCUT2D eigenvalue weighted by Gasteiger charge is -2.31. The second kappa shape index (κ2) is 15.9. The molecule has 0 bridgehead atoms. The fraction of sp³-hybridized carbons (Fsp3) is 0.556. The highest BCUT2D eigenvalue weighted by molar-refractivity contribution is 6.00. The molecule has 5 N–H and O–H groups in total. The lowest BCUT2D eigenvalue weighted by atomic mass is 9.77. The van der Waals surface area contributed by atoms with E-state index in [1.54, 1.807) is 13.8 Å². The van der Waals surface area contributed by atoms with E-state index in [-0.39, 0.29) is 29.0 Å². The molecule has 216 valence electrons. The number of hydrogen-bond acceptors (Lipinski definition) is 11. The number of nitrogens with one attached hydrogen (secondary N) is 1. The van der Waals surface area contributed by atoms with Gasteiger partial charge in [-0.15, -0.1) is 0 Å². The summed E-state index contributed by atoms with van der Waals surface area (Å²) in [6.07, 6.45) is 2.11. The zero-order valence-electron chi connectivity index (χ0n) is 23.2. The molecule has 39 heavy (non-hydrogen) atoms. The topological polar surface area (TPSA) is 178 Å². The number of rotatable bonds is 16. The number of nitro benzene ring substituents is 1. The second-order valence-corrected chi connectivity index (χ2v) is 9.07. The number of carbonyl (C=O) groups is 2. The van der Waals surface area contributed by atoms with Gasteiger partial charge in [-0.3, -0.25) is 10.1 Å². The lowest BCUT2D eigenvalue weighted by molar-refractivity contribution is -0.385. The summed E-state index contributed by atoms with van der Waals surface area (Å²) in [4.78, 5) is 38.0. The van der Waals surface area contributed by atoms with Gasteiger partial charge in [0, 0.05) is 36.2 Å². The summed E-state index contributed by atoms with van der Waals surface area (Å²) in [5, 5.41) is 15.5. The molecule has 0 aromatic heterocycles. The quantitative estimate of drug-likeness (QED) is 0.119. The predicted octanol–water partition coefficient (Wildman–Crippen LogP) is 1.99.